The molecule has 0 heterocycles. The highest BCUT2D eigenvalue weighted by atomic mass is 32.3. The van der Waals surface area contributed by atoms with Gasteiger partial charge in [-0.2, -0.15) is 0 Å². The number of halogens is 1. The maximum atomic E-state index is 12.8. The lowest BCUT2D eigenvalue weighted by atomic mass is 10.4. The second-order valence-electron chi connectivity index (χ2n) is 5.44. The molecule has 0 fully saturated rings. The van der Waals surface area contributed by atoms with E-state index in [-0.39, 0.29) is 11.6 Å². The zero-order valence-corrected chi connectivity index (χ0v) is 13.9. The molecule has 0 saturated heterocycles. The predicted molar refractivity (Wildman–Crippen MR) is 80.6 cm³/mol. The van der Waals surface area contributed by atoms with Gasteiger partial charge in [-0.15, -0.1) is 3.77 Å². The van der Waals surface area contributed by atoms with Crippen LogP contribution >= 0.6 is 0 Å². The molecule has 4 nitrogen and oxygen atoms in total. The summed E-state index contributed by atoms with van der Waals surface area (Å²) in [5.41, 5.74) is 0. The van der Waals surface area contributed by atoms with Gasteiger partial charge in [0.1, 0.15) is 5.82 Å². The van der Waals surface area contributed by atoms with E-state index in [0.29, 0.717) is 10.9 Å². The molecule has 0 aliphatic rings. The first-order chi connectivity index (χ1) is 8.59. The molecule has 2 N–H and O–H groups in total. The fourth-order valence-corrected chi connectivity index (χ4v) is 6.73. The van der Waals surface area contributed by atoms with Crippen molar-refractivity contribution in [3.63, 3.8) is 0 Å². The van der Waals surface area contributed by atoms with Crippen LogP contribution in [0.3, 0.4) is 0 Å². The third kappa shape index (κ3) is 6.41. The van der Waals surface area contributed by atoms with Gasteiger partial charge >= 0.3 is 0 Å². The fraction of sp³-hybridized carbons (Fsp3) is 0.455. The van der Waals surface area contributed by atoms with E-state index in [1.165, 1.54) is 24.3 Å². The highest BCUT2D eigenvalue weighted by Crippen LogP contribution is 2.13. The molecule has 19 heavy (non-hydrogen) atoms. The molecule has 1 aromatic carbocycles. The van der Waals surface area contributed by atoms with Gasteiger partial charge in [0.15, 0.2) is 0 Å². The molecule has 1 atom stereocenters. The quantitative estimate of drug-likeness (QED) is 0.847. The predicted octanol–water partition coefficient (Wildman–Crippen LogP) is 2.53. The van der Waals surface area contributed by atoms with E-state index in [1.54, 1.807) is 0 Å². The first-order valence-electron chi connectivity index (χ1n) is 5.79. The number of hydrogen-bond acceptors (Lipinski definition) is 2. The average Bonchev–Trinajstić information content (AvgIpc) is 2.26. The molecule has 0 aliphatic heterocycles. The van der Waals surface area contributed by atoms with E-state index in [2.05, 4.69) is 23.4 Å². The second-order valence-corrected chi connectivity index (χ2v) is 14.3. The second kappa shape index (κ2) is 6.25. The lowest BCUT2D eigenvalue weighted by Crippen LogP contribution is -2.23. The maximum absolute atomic E-state index is 12.8. The Kier molecular flexibility index (Phi) is 5.42. The Morgan fingerprint density at radius 2 is 1.79 bits per heavy atom. The van der Waals surface area contributed by atoms with Gasteiger partial charge in [0.2, 0.25) is 0 Å². The molecular formula is C11H19FN2O2S2Si. The van der Waals surface area contributed by atoms with Crippen molar-refractivity contribution in [3.8, 4) is 0 Å². The van der Waals surface area contributed by atoms with Gasteiger partial charge in [0.05, 0.1) is 5.75 Å². The Morgan fingerprint density at radius 3 is 2.26 bits per heavy atom. The molecule has 1 aromatic rings. The van der Waals surface area contributed by atoms with E-state index >= 15 is 0 Å². The minimum Gasteiger partial charge on any atom is -0.264 e. The van der Waals surface area contributed by atoms with Crippen molar-refractivity contribution in [2.24, 2.45) is 8.91 Å². The number of sulfonamides is 1. The molecule has 0 bridgehead atoms. The topological polar surface area (TPSA) is 72.5 Å². The number of benzene rings is 1. The summed E-state index contributed by atoms with van der Waals surface area (Å²) in [5.74, 6) is -0.354. The van der Waals surface area contributed by atoms with Crippen LogP contribution in [0, 0.1) is 5.82 Å². The van der Waals surface area contributed by atoms with E-state index in [0.717, 1.165) is 0 Å². The summed E-state index contributed by atoms with van der Waals surface area (Å²) in [6, 6.07) is 6.05. The summed E-state index contributed by atoms with van der Waals surface area (Å²) in [6.07, 6.45) is 0. The molecule has 0 aliphatic carbocycles. The molecule has 1 rings (SSSR count). The third-order valence-corrected chi connectivity index (χ3v) is 7.50. The standard InChI is InChI=1S/C11H19FN2O2S2Si/c1-19(2,3)9-8-18(15,16)14-17(13)11-6-4-10(12)5-7-11/h4-7H,8-9H2,1-3H3,(H2,13,14). The lowest BCUT2D eigenvalue weighted by Gasteiger charge is -2.14. The summed E-state index contributed by atoms with van der Waals surface area (Å²) in [6.45, 7) is 6.31. The van der Waals surface area contributed by atoms with Gasteiger partial charge in [0, 0.05) is 23.8 Å². The Labute approximate surface area is 117 Å². The van der Waals surface area contributed by atoms with Crippen LogP contribution < -0.4 is 5.14 Å². The average molecular weight is 323 g/mol. The summed E-state index contributed by atoms with van der Waals surface area (Å²) in [7, 11) is -6.20. The normalized spacial score (nSPS) is 14.6. The van der Waals surface area contributed by atoms with Crippen LogP contribution in [0.25, 0.3) is 0 Å². The van der Waals surface area contributed by atoms with Crippen LogP contribution in [0.2, 0.25) is 25.7 Å². The van der Waals surface area contributed by atoms with Crippen molar-refractivity contribution >= 4 is 29.0 Å². The Balaban J connectivity index is 2.85. The first-order valence-corrected chi connectivity index (χ1v) is 12.4. The number of nitrogens with two attached hydrogens (primary N) is 1. The monoisotopic (exact) mass is 322 g/mol. The van der Waals surface area contributed by atoms with Crippen molar-refractivity contribution in [1.82, 2.24) is 0 Å². The van der Waals surface area contributed by atoms with Crippen molar-refractivity contribution < 1.29 is 12.8 Å². The summed E-state index contributed by atoms with van der Waals surface area (Å²) in [4.78, 5) is 0.512. The Morgan fingerprint density at radius 1 is 1.26 bits per heavy atom. The Hall–Kier alpha value is -0.573. The SMILES string of the molecule is C[Si](C)(C)CCS(=O)(=O)N=S(N)c1ccc(F)cc1. The van der Waals surface area contributed by atoms with Gasteiger partial charge in [-0.3, -0.25) is 5.14 Å². The van der Waals surface area contributed by atoms with E-state index in [9.17, 15) is 12.8 Å². The van der Waals surface area contributed by atoms with Crippen LogP contribution in [-0.4, -0.2) is 22.2 Å². The van der Waals surface area contributed by atoms with Crippen LogP contribution in [0.4, 0.5) is 4.39 Å². The summed E-state index contributed by atoms with van der Waals surface area (Å²) in [5, 5.41) is 5.74. The van der Waals surface area contributed by atoms with Gasteiger partial charge in [-0.05, 0) is 30.3 Å². The highest BCUT2D eigenvalue weighted by molar-refractivity contribution is 7.99. The van der Waals surface area contributed by atoms with Crippen LogP contribution in [0.1, 0.15) is 0 Å². The van der Waals surface area contributed by atoms with E-state index in [1.807, 2.05) is 0 Å². The van der Waals surface area contributed by atoms with Crippen LogP contribution in [0.15, 0.2) is 32.9 Å². The van der Waals surface area contributed by atoms with Crippen molar-refractivity contribution in [1.29, 1.82) is 0 Å². The van der Waals surface area contributed by atoms with E-state index in [4.69, 9.17) is 5.14 Å². The van der Waals surface area contributed by atoms with Gasteiger partial charge in [-0.25, -0.2) is 12.8 Å². The van der Waals surface area contributed by atoms with Crippen molar-refractivity contribution in [2.45, 2.75) is 30.6 Å². The van der Waals surface area contributed by atoms with Crippen molar-refractivity contribution in [3.05, 3.63) is 30.1 Å². The van der Waals surface area contributed by atoms with Gasteiger partial charge in [0.25, 0.3) is 10.0 Å². The fourth-order valence-electron chi connectivity index (χ4n) is 1.21. The summed E-state index contributed by atoms with van der Waals surface area (Å²) >= 11 is 0. The minimum absolute atomic E-state index is 0.0324. The van der Waals surface area contributed by atoms with Gasteiger partial charge < -0.3 is 0 Å². The largest absolute Gasteiger partial charge is 0.264 e. The molecular weight excluding hydrogens is 303 g/mol. The molecule has 0 spiro atoms. The molecule has 0 amide bonds. The Bertz CT molecular complexity index is 565. The summed E-state index contributed by atoms with van der Waals surface area (Å²) < 4.78 is 40.1. The zero-order valence-electron chi connectivity index (χ0n) is 11.3. The number of nitrogens with zero attached hydrogens (tertiary/aromatic N) is 1. The van der Waals surface area contributed by atoms with Crippen LogP contribution in [0.5, 0.6) is 0 Å². The van der Waals surface area contributed by atoms with Gasteiger partial charge in [-0.1, -0.05) is 19.6 Å². The van der Waals surface area contributed by atoms with Crippen molar-refractivity contribution in [2.75, 3.05) is 5.75 Å². The zero-order chi connectivity index (χ0) is 14.7. The minimum atomic E-state index is -3.52. The smallest absolute Gasteiger partial charge is 0.259 e. The molecule has 8 heteroatoms. The third-order valence-electron chi connectivity index (χ3n) is 2.36. The van der Waals surface area contributed by atoms with E-state index < -0.39 is 29.0 Å². The first kappa shape index (κ1) is 16.5. The molecule has 0 radical (unpaired) electrons. The molecule has 0 aromatic heterocycles. The maximum Gasteiger partial charge on any atom is 0.259 e. The van der Waals surface area contributed by atoms with Crippen LogP contribution in [-0.2, 0) is 20.9 Å². The number of rotatable bonds is 5. The molecule has 1 unspecified atom stereocenters. The molecule has 108 valence electrons. The lowest BCUT2D eigenvalue weighted by molar-refractivity contribution is 0.599. The number of hydrogen-bond donors (Lipinski definition) is 1. The highest BCUT2D eigenvalue weighted by Gasteiger charge is 2.18. The molecule has 0 saturated carbocycles.